The number of guanidine groups is 2. The van der Waals surface area contributed by atoms with Gasteiger partial charge in [-0.2, -0.15) is 0 Å². The maximum atomic E-state index is 15.6. The summed E-state index contributed by atoms with van der Waals surface area (Å²) in [5.41, 5.74) is 21.4. The van der Waals surface area contributed by atoms with Gasteiger partial charge in [-0.1, -0.05) is 133 Å². The van der Waals surface area contributed by atoms with E-state index in [0.717, 1.165) is 10.8 Å². The van der Waals surface area contributed by atoms with Crippen molar-refractivity contribution in [3.63, 3.8) is 0 Å². The molecule has 6 aromatic carbocycles. The van der Waals surface area contributed by atoms with E-state index in [0.29, 0.717) is 61.6 Å². The second-order valence-electron chi connectivity index (χ2n) is 34.4. The summed E-state index contributed by atoms with van der Waals surface area (Å²) < 4.78 is 5.43. The number of carboxylic acids is 3. The maximum absolute atomic E-state index is 15.6. The number of ketones is 1. The summed E-state index contributed by atoms with van der Waals surface area (Å²) >= 11 is 0. The second kappa shape index (κ2) is 53.0. The number of nitrogens with one attached hydrogen (secondary N) is 16. The molecule has 2 aliphatic rings. The van der Waals surface area contributed by atoms with Gasteiger partial charge in [-0.3, -0.25) is 97.5 Å². The van der Waals surface area contributed by atoms with Crippen LogP contribution in [0.1, 0.15) is 82.4 Å². The van der Waals surface area contributed by atoms with Gasteiger partial charge >= 0.3 is 17.9 Å². The number of likely N-dealkylation sites (tertiary alicyclic amines) is 1. The van der Waals surface area contributed by atoms with Crippen molar-refractivity contribution in [1.29, 1.82) is 10.8 Å². The first kappa shape index (κ1) is 105. The van der Waals surface area contributed by atoms with Crippen LogP contribution in [0.25, 0.3) is 32.6 Å². The van der Waals surface area contributed by atoms with Gasteiger partial charge < -0.3 is 121 Å². The van der Waals surface area contributed by atoms with Crippen molar-refractivity contribution in [1.82, 2.24) is 103 Å². The molecule has 0 radical (unpaired) electrons. The number of rotatable bonds is 50. The number of H-pyrrole nitrogens is 3. The van der Waals surface area contributed by atoms with E-state index in [-0.39, 0.29) is 174 Å². The lowest BCUT2D eigenvalue weighted by Crippen LogP contribution is -2.61. The molecular formula is C96H123N25O19. The van der Waals surface area contributed by atoms with E-state index in [1.54, 1.807) is 141 Å². The first-order valence-corrected chi connectivity index (χ1v) is 46.3. The van der Waals surface area contributed by atoms with Crippen molar-refractivity contribution >= 4 is 127 Å². The van der Waals surface area contributed by atoms with Gasteiger partial charge in [0.15, 0.2) is 17.7 Å². The largest absolute Gasteiger partial charge is 0.480 e. The molecule has 11 rings (SSSR count). The monoisotopic (exact) mass is 1930 g/mol. The van der Waals surface area contributed by atoms with Crippen molar-refractivity contribution in [2.75, 3.05) is 125 Å². The molecule has 9 aromatic rings. The van der Waals surface area contributed by atoms with E-state index in [2.05, 4.69) is 78.4 Å². The van der Waals surface area contributed by atoms with E-state index in [1.165, 1.54) is 17.4 Å². The Labute approximate surface area is 805 Å². The van der Waals surface area contributed by atoms with Crippen LogP contribution < -0.4 is 75.7 Å². The third kappa shape index (κ3) is 32.3. The fraction of sp³-hybridized carbons (Fsp3) is 0.406. The Morgan fingerprint density at radius 2 is 0.879 bits per heavy atom. The van der Waals surface area contributed by atoms with Gasteiger partial charge in [0, 0.05) is 168 Å². The minimum Gasteiger partial charge on any atom is -0.480 e. The molecule has 0 aliphatic carbocycles. The van der Waals surface area contributed by atoms with Crippen molar-refractivity contribution < 1.29 is 92.3 Å². The lowest BCUT2D eigenvalue weighted by molar-refractivity contribution is -0.142. The minimum atomic E-state index is -1.94. The number of nitrogens with two attached hydrogens (primary N) is 3. The molecule has 0 bridgehead atoms. The highest BCUT2D eigenvalue weighted by molar-refractivity contribution is 6.09. The van der Waals surface area contributed by atoms with Gasteiger partial charge in [-0.15, -0.1) is 0 Å². The van der Waals surface area contributed by atoms with Crippen LogP contribution in [0.15, 0.2) is 171 Å². The zero-order chi connectivity index (χ0) is 100. The lowest BCUT2D eigenvalue weighted by atomic mass is 9.98. The molecule has 0 unspecified atom stereocenters. The number of carbonyl (C=O) groups is 14. The predicted molar refractivity (Wildman–Crippen MR) is 516 cm³/mol. The highest BCUT2D eigenvalue weighted by atomic mass is 16.5. The number of fused-ring (bicyclic) bond motifs is 3. The normalized spacial score (nSPS) is 15.8. The van der Waals surface area contributed by atoms with E-state index in [1.807, 2.05) is 36.4 Å². The molecular weight excluding hydrogens is 1810 g/mol. The summed E-state index contributed by atoms with van der Waals surface area (Å²) in [6.45, 7) is -1.95. The van der Waals surface area contributed by atoms with Crippen molar-refractivity contribution in [3.8, 4) is 0 Å². The highest BCUT2D eigenvalue weighted by Gasteiger charge is 2.41. The maximum Gasteiger partial charge on any atom is 0.317 e. The van der Waals surface area contributed by atoms with Gasteiger partial charge in [0.25, 0.3) is 0 Å². The van der Waals surface area contributed by atoms with Crippen LogP contribution >= 0.6 is 0 Å². The average molecular weight is 1930 g/mol. The van der Waals surface area contributed by atoms with E-state index in [4.69, 9.17) is 32.8 Å². The summed E-state index contributed by atoms with van der Waals surface area (Å²) in [7, 11) is 0. The Bertz CT molecular complexity index is 5750. The number of aliphatic hydroxyl groups excluding tert-OH is 1. The Kier molecular flexibility index (Phi) is 39.9. The lowest BCUT2D eigenvalue weighted by Gasteiger charge is -2.33. The van der Waals surface area contributed by atoms with Gasteiger partial charge in [0.2, 0.25) is 59.1 Å². The number of hydrogen-bond donors (Lipinski definition) is 23. The summed E-state index contributed by atoms with van der Waals surface area (Å²) in [5.74, 6) is -13.4. The molecule has 2 fully saturated rings. The zero-order valence-electron chi connectivity index (χ0n) is 77.4. The molecule has 140 heavy (non-hydrogen) atoms. The van der Waals surface area contributed by atoms with E-state index >= 15 is 38.4 Å². The number of aromatic amines is 3. The average Bonchev–Trinajstić information content (AvgIpc) is 1.79. The van der Waals surface area contributed by atoms with Crippen molar-refractivity contribution in [2.45, 2.75) is 125 Å². The van der Waals surface area contributed by atoms with Gasteiger partial charge in [0.1, 0.15) is 61.1 Å². The number of nitrogens with zero attached hydrogens (tertiary/aromatic N) is 6. The number of ether oxygens (including phenoxy) is 1. The number of aromatic nitrogens is 4. The number of hydrogen-bond acceptors (Lipinski definition) is 24. The van der Waals surface area contributed by atoms with Crippen LogP contribution in [0, 0.1) is 10.8 Å². The molecule has 3 aromatic heterocycles. The zero-order valence-corrected chi connectivity index (χ0v) is 77.4. The van der Waals surface area contributed by atoms with E-state index < -0.39 is 170 Å². The number of carbonyl (C=O) groups excluding carboxylic acids is 11. The molecule has 0 saturated carbocycles. The summed E-state index contributed by atoms with van der Waals surface area (Å²) in [6.07, 6.45) is 4.88. The van der Waals surface area contributed by atoms with Gasteiger partial charge in [-0.25, -0.2) is 4.98 Å². The molecule has 44 heteroatoms. The number of carboxylic acid groups (broad SMARTS) is 3. The Morgan fingerprint density at radius 3 is 1.37 bits per heavy atom. The fourth-order valence-electron chi connectivity index (χ4n) is 16.9. The molecule has 26 N–H and O–H groups in total. The minimum absolute atomic E-state index is 0.00899. The highest BCUT2D eigenvalue weighted by Crippen LogP contribution is 2.26. The first-order chi connectivity index (χ1) is 67.4. The van der Waals surface area contributed by atoms with Gasteiger partial charge in [-0.05, 0) is 83.7 Å². The number of aliphatic hydroxyl groups is 1. The third-order valence-corrected chi connectivity index (χ3v) is 24.2. The molecule has 10 amide bonds. The van der Waals surface area contributed by atoms with Crippen molar-refractivity contribution in [3.05, 3.63) is 210 Å². The quantitative estimate of drug-likeness (QED) is 0.00656. The van der Waals surface area contributed by atoms with Crippen LogP contribution in [0.2, 0.25) is 0 Å². The molecule has 9 atom stereocenters. The number of imidazole rings is 1. The van der Waals surface area contributed by atoms with E-state index in [9.17, 15) is 49.2 Å². The SMILES string of the molecule is N=C(N)NCCC[C@H](NC(=O)[C@@H](Cc1ccc2ccccc2c1)NC(=O)CN1CCN(CC(=O)O)CCN(CC(=O)O)CCN(CC(=O)O)CC1)C(=O)N[C@@H](Cc1c[nH]c2ccccc12)C(=O)N[C@@H](CO)C(=O)N[C@@H](Cc1cnc[nH]1)C(=O)N[C@H](CCCNC(=N)N)C(=O)N[C@@H](Cc1c[nH]c2ccccc12)C(=O)N[C@H](Cc1ccc(C(=O)c2ccccc2)cc1)C(=O)N1CCC[C@H]1C(=O)NCOCCN. The topological polar surface area (TPSA) is 664 Å². The fourth-order valence-corrected chi connectivity index (χ4v) is 16.9. The number of para-hydroxylation sites is 2. The smallest absolute Gasteiger partial charge is 0.317 e. The molecule has 5 heterocycles. The molecule has 2 saturated heterocycles. The molecule has 44 nitrogen and oxygen atoms in total. The van der Waals surface area contributed by atoms with Crippen LogP contribution in [0.3, 0.4) is 0 Å². The number of amides is 10. The van der Waals surface area contributed by atoms with Crippen molar-refractivity contribution in [2.24, 2.45) is 17.2 Å². The third-order valence-electron chi connectivity index (χ3n) is 24.2. The second-order valence-corrected chi connectivity index (χ2v) is 34.4. The molecule has 2 aliphatic heterocycles. The Morgan fingerprint density at radius 1 is 0.450 bits per heavy atom. The van der Waals surface area contributed by atoms with Crippen LogP contribution in [-0.4, -0.2) is 339 Å². The number of aliphatic carboxylic acids is 3. The predicted octanol–water partition coefficient (Wildman–Crippen LogP) is -1.82. The molecule has 746 valence electrons. The standard InChI is InChI=1S/C96H123N25O19/c97-30-42-140-58-108-93(138)80-23-12-33-121(80)94(139)78(44-59-24-28-63(29-25-59)85(130)62-14-2-1-3-15-62)115-89(134)75(46-65-49-105-70-19-8-6-17-68(65)70)112-87(132)73(22-11-32-104-96(100)101)111-91(136)77(48-67-51-102-57-107-67)114-92(137)79(56-122)116-90(135)76(47-66-50-106-71-20-9-7-18-69(66)71)113-86(131)72(21-10-31-103-95(98)99)110-88(133)74(45-60-26-27-61-13-4-5-16-64(61)43-60)109-81(123)52-117-34-36-118(53-82(124)125)38-40-120(55-84(128)129)41-39-119(37-35-117)54-83(126)127/h1-9,13-20,24-29,43,49-51,57,72-80,105-106,122H,10-12,21-23,30-42,44-48,52-56,58,97H2,(H,102,107)(H,108,138)(H,109,123)(H,110,133)(H,111,136)(H,112,132)(H,113,131)(H,114,137)(H,115,134)(H,116,135)(H,124,125)(H,126,127)(H,128,129)(H4,98,99,103)(H4,100,101,104)/t72-,73+,74+,75-,76-,77-,78+,79-,80-/m0/s1. The summed E-state index contributed by atoms with van der Waals surface area (Å²) in [6, 6.07) is 28.1. The number of benzene rings is 6. The summed E-state index contributed by atoms with van der Waals surface area (Å²) in [4.78, 5) is 223. The van der Waals surface area contributed by atoms with Crippen LogP contribution in [0.4, 0.5) is 0 Å². The van der Waals surface area contributed by atoms with Gasteiger partial charge in [0.05, 0.1) is 45.7 Å². The van der Waals surface area contributed by atoms with Crippen LogP contribution in [0.5, 0.6) is 0 Å². The Hall–Kier alpha value is -15.1. The first-order valence-electron chi connectivity index (χ1n) is 46.3. The van der Waals surface area contributed by atoms with Crippen LogP contribution in [-0.2, 0) is 99.2 Å². The molecule has 0 spiro atoms. The Balaban J connectivity index is 0.854. The summed E-state index contributed by atoms with van der Waals surface area (Å²) in [5, 5.41) is 89.7.